The van der Waals surface area contributed by atoms with E-state index in [1.54, 1.807) is 54.6 Å². The molecule has 2 rings (SSSR count). The summed E-state index contributed by atoms with van der Waals surface area (Å²) in [6.07, 6.45) is -1.22. The first-order valence-corrected chi connectivity index (χ1v) is 6.77. The van der Waals surface area contributed by atoms with Crippen LogP contribution in [0.25, 0.3) is 0 Å². The Morgan fingerprint density at radius 2 is 1.59 bits per heavy atom. The summed E-state index contributed by atoms with van der Waals surface area (Å²) in [5.41, 5.74) is 1.34. The number of ketones is 1. The predicted molar refractivity (Wildman–Crippen MR) is 82.7 cm³/mol. The average molecular weight is 296 g/mol. The number of benzene rings is 2. The van der Waals surface area contributed by atoms with Crippen LogP contribution in [0.3, 0.4) is 0 Å². The molecule has 2 aromatic carbocycles. The molecule has 1 atom stereocenters. The van der Waals surface area contributed by atoms with Gasteiger partial charge in [-0.05, 0) is 11.1 Å². The number of hydrogen-bond acceptors (Lipinski definition) is 3. The van der Waals surface area contributed by atoms with Crippen molar-refractivity contribution in [3.63, 3.8) is 0 Å². The first kappa shape index (κ1) is 15.7. The summed E-state index contributed by atoms with van der Waals surface area (Å²) in [4.78, 5) is 23.4. The van der Waals surface area contributed by atoms with E-state index in [0.717, 1.165) is 0 Å². The normalized spacial score (nSPS) is 11.7. The molecule has 0 heterocycles. The fraction of sp³-hybridized carbons (Fsp3) is 0.111. The second-order valence-electron chi connectivity index (χ2n) is 4.92. The molecule has 112 valence electrons. The molecule has 0 aliphatic carbocycles. The van der Waals surface area contributed by atoms with Crippen LogP contribution in [0.2, 0.25) is 0 Å². The molecular weight excluding hydrogens is 280 g/mol. The fourth-order valence-electron chi connectivity index (χ4n) is 2.15. The highest BCUT2D eigenvalue weighted by molar-refractivity contribution is 6.01. The van der Waals surface area contributed by atoms with Crippen molar-refractivity contribution in [1.29, 1.82) is 0 Å². The van der Waals surface area contributed by atoms with Crippen LogP contribution in [0.4, 0.5) is 0 Å². The molecule has 0 radical (unpaired) electrons. The van der Waals surface area contributed by atoms with Gasteiger partial charge in [0.25, 0.3) is 0 Å². The molecule has 0 aliphatic rings. The van der Waals surface area contributed by atoms with Crippen molar-refractivity contribution in [1.82, 2.24) is 0 Å². The van der Waals surface area contributed by atoms with Gasteiger partial charge in [-0.25, -0.2) is 4.79 Å². The lowest BCUT2D eigenvalue weighted by molar-refractivity contribution is -0.132. The standard InChI is InChI=1S/C18H16O4/c1-12(18(21)22)11-14-9-5-6-10-15(14)17(20)16(19)13-7-3-2-4-8-13/h2-10,16,19H,1,11H2,(H,21,22). The quantitative estimate of drug-likeness (QED) is 0.635. The van der Waals surface area contributed by atoms with Crippen LogP contribution in [0, 0.1) is 0 Å². The molecule has 0 saturated carbocycles. The first-order valence-electron chi connectivity index (χ1n) is 6.77. The van der Waals surface area contributed by atoms with Crippen molar-refractivity contribution in [2.45, 2.75) is 12.5 Å². The number of aliphatic hydroxyl groups is 1. The van der Waals surface area contributed by atoms with E-state index in [-0.39, 0.29) is 12.0 Å². The lowest BCUT2D eigenvalue weighted by atomic mass is 9.93. The zero-order valence-electron chi connectivity index (χ0n) is 11.9. The Hall–Kier alpha value is -2.72. The average Bonchev–Trinajstić information content (AvgIpc) is 2.54. The van der Waals surface area contributed by atoms with Crippen molar-refractivity contribution in [2.75, 3.05) is 0 Å². The summed E-state index contributed by atoms with van der Waals surface area (Å²) in [5.74, 6) is -1.56. The maximum atomic E-state index is 12.5. The van der Waals surface area contributed by atoms with Crippen molar-refractivity contribution < 1.29 is 19.8 Å². The minimum atomic E-state index is -1.28. The van der Waals surface area contributed by atoms with Gasteiger partial charge < -0.3 is 10.2 Å². The number of carboxylic acids is 1. The van der Waals surface area contributed by atoms with Crippen molar-refractivity contribution in [2.24, 2.45) is 0 Å². The summed E-state index contributed by atoms with van der Waals surface area (Å²) >= 11 is 0. The molecule has 4 nitrogen and oxygen atoms in total. The third kappa shape index (κ3) is 3.48. The molecule has 0 spiro atoms. The van der Waals surface area contributed by atoms with E-state index < -0.39 is 17.9 Å². The zero-order chi connectivity index (χ0) is 16.1. The van der Waals surface area contributed by atoms with Gasteiger partial charge in [-0.15, -0.1) is 0 Å². The Labute approximate surface area is 128 Å². The van der Waals surface area contributed by atoms with E-state index in [9.17, 15) is 14.7 Å². The van der Waals surface area contributed by atoms with Gasteiger partial charge in [0, 0.05) is 17.6 Å². The van der Waals surface area contributed by atoms with Crippen LogP contribution < -0.4 is 0 Å². The number of carbonyl (C=O) groups excluding carboxylic acids is 1. The largest absolute Gasteiger partial charge is 0.478 e. The monoisotopic (exact) mass is 296 g/mol. The Morgan fingerprint density at radius 1 is 1.00 bits per heavy atom. The number of carboxylic acid groups (broad SMARTS) is 1. The Morgan fingerprint density at radius 3 is 2.23 bits per heavy atom. The van der Waals surface area contributed by atoms with E-state index in [0.29, 0.717) is 16.7 Å². The van der Waals surface area contributed by atoms with Crippen LogP contribution in [-0.2, 0) is 11.2 Å². The van der Waals surface area contributed by atoms with Gasteiger partial charge in [0.1, 0.15) is 6.10 Å². The highest BCUT2D eigenvalue weighted by Crippen LogP contribution is 2.22. The molecule has 0 amide bonds. The lowest BCUT2D eigenvalue weighted by Crippen LogP contribution is -2.15. The van der Waals surface area contributed by atoms with Gasteiger partial charge in [0.2, 0.25) is 0 Å². The highest BCUT2D eigenvalue weighted by atomic mass is 16.4. The predicted octanol–water partition coefficient (Wildman–Crippen LogP) is 2.79. The van der Waals surface area contributed by atoms with E-state index in [2.05, 4.69) is 6.58 Å². The summed E-state index contributed by atoms with van der Waals surface area (Å²) in [5, 5.41) is 19.1. The second-order valence-corrected chi connectivity index (χ2v) is 4.92. The molecule has 22 heavy (non-hydrogen) atoms. The smallest absolute Gasteiger partial charge is 0.331 e. The Bertz CT molecular complexity index is 704. The molecule has 4 heteroatoms. The summed E-state index contributed by atoms with van der Waals surface area (Å²) < 4.78 is 0. The van der Waals surface area contributed by atoms with Gasteiger partial charge in [0.15, 0.2) is 5.78 Å². The minimum absolute atomic E-state index is 0.00514. The topological polar surface area (TPSA) is 74.6 Å². The number of Topliss-reactive ketones (excluding diaryl/α,β-unsaturated/α-hetero) is 1. The highest BCUT2D eigenvalue weighted by Gasteiger charge is 2.22. The summed E-state index contributed by atoms with van der Waals surface area (Å²) in [6, 6.07) is 15.3. The molecule has 0 fully saturated rings. The molecule has 1 unspecified atom stereocenters. The van der Waals surface area contributed by atoms with Crippen LogP contribution in [0.1, 0.15) is 27.6 Å². The van der Waals surface area contributed by atoms with Gasteiger partial charge in [-0.3, -0.25) is 4.79 Å². The molecular formula is C18H16O4. The number of aliphatic carboxylic acids is 1. The molecule has 0 bridgehead atoms. The second kappa shape index (κ2) is 6.83. The number of hydrogen-bond donors (Lipinski definition) is 2. The van der Waals surface area contributed by atoms with Gasteiger partial charge in [-0.2, -0.15) is 0 Å². The first-order chi connectivity index (χ1) is 10.5. The molecule has 2 aromatic rings. The number of carbonyl (C=O) groups is 2. The summed E-state index contributed by atoms with van der Waals surface area (Å²) in [6.45, 7) is 3.48. The van der Waals surface area contributed by atoms with Crippen molar-refractivity contribution in [3.05, 3.63) is 83.4 Å². The van der Waals surface area contributed by atoms with E-state index in [4.69, 9.17) is 5.11 Å². The van der Waals surface area contributed by atoms with Gasteiger partial charge in [0.05, 0.1) is 0 Å². The molecule has 0 aliphatic heterocycles. The third-order valence-electron chi connectivity index (χ3n) is 3.35. The summed E-state index contributed by atoms with van der Waals surface area (Å²) in [7, 11) is 0. The van der Waals surface area contributed by atoms with Crippen molar-refractivity contribution >= 4 is 11.8 Å². The van der Waals surface area contributed by atoms with Crippen LogP contribution >= 0.6 is 0 Å². The SMILES string of the molecule is C=C(Cc1ccccc1C(=O)C(O)c1ccccc1)C(=O)O. The lowest BCUT2D eigenvalue weighted by Gasteiger charge is -2.13. The minimum Gasteiger partial charge on any atom is -0.478 e. The molecule has 2 N–H and O–H groups in total. The number of aliphatic hydroxyl groups excluding tert-OH is 1. The fourth-order valence-corrected chi connectivity index (χ4v) is 2.15. The zero-order valence-corrected chi connectivity index (χ0v) is 11.9. The third-order valence-corrected chi connectivity index (χ3v) is 3.35. The maximum Gasteiger partial charge on any atom is 0.331 e. The van der Waals surface area contributed by atoms with Crippen LogP contribution in [0.5, 0.6) is 0 Å². The van der Waals surface area contributed by atoms with Crippen molar-refractivity contribution in [3.8, 4) is 0 Å². The maximum absolute atomic E-state index is 12.5. The Kier molecular flexibility index (Phi) is 4.86. The van der Waals surface area contributed by atoms with E-state index in [1.165, 1.54) is 0 Å². The van der Waals surface area contributed by atoms with Gasteiger partial charge in [-0.1, -0.05) is 61.2 Å². The van der Waals surface area contributed by atoms with E-state index in [1.807, 2.05) is 0 Å². The molecule has 0 aromatic heterocycles. The molecule has 0 saturated heterocycles. The van der Waals surface area contributed by atoms with Gasteiger partial charge >= 0.3 is 5.97 Å². The Balaban J connectivity index is 2.30. The number of rotatable bonds is 6. The van der Waals surface area contributed by atoms with Crippen LogP contribution in [0.15, 0.2) is 66.7 Å². The van der Waals surface area contributed by atoms with Crippen LogP contribution in [-0.4, -0.2) is 22.0 Å². The van der Waals surface area contributed by atoms with E-state index >= 15 is 0 Å².